The number of Topliss-reactive ketones (excluding diaryl/α,β-unsaturated/α-hetero) is 1. The highest BCUT2D eigenvalue weighted by Gasteiger charge is 2.32. The molecule has 1 aliphatic heterocycles. The Kier molecular flexibility index (Phi) is 5.44. The molecule has 0 unspecified atom stereocenters. The number of nitrogens with zero attached hydrogens (tertiary/aromatic N) is 1. The molecular formula is C17H31NO. The van der Waals surface area contributed by atoms with E-state index in [2.05, 4.69) is 18.7 Å². The third-order valence-corrected chi connectivity index (χ3v) is 5.86. The topological polar surface area (TPSA) is 20.3 Å². The Morgan fingerprint density at radius 3 is 2.16 bits per heavy atom. The van der Waals surface area contributed by atoms with E-state index >= 15 is 0 Å². The average Bonchev–Trinajstić information content (AvgIpc) is 2.49. The summed E-state index contributed by atoms with van der Waals surface area (Å²) in [4.78, 5) is 14.7. The van der Waals surface area contributed by atoms with Gasteiger partial charge in [0.25, 0.3) is 0 Å². The van der Waals surface area contributed by atoms with Crippen molar-refractivity contribution in [1.29, 1.82) is 0 Å². The molecule has 110 valence electrons. The highest BCUT2D eigenvalue weighted by molar-refractivity contribution is 5.83. The van der Waals surface area contributed by atoms with Gasteiger partial charge in [0.2, 0.25) is 0 Å². The number of hydrogen-bond donors (Lipinski definition) is 0. The van der Waals surface area contributed by atoms with Crippen molar-refractivity contribution in [1.82, 2.24) is 4.90 Å². The maximum atomic E-state index is 12.3. The predicted molar refractivity (Wildman–Crippen MR) is 80.3 cm³/mol. The van der Waals surface area contributed by atoms with E-state index in [1.54, 1.807) is 0 Å². The number of likely N-dealkylation sites (tertiary alicyclic amines) is 1. The molecule has 1 saturated carbocycles. The maximum absolute atomic E-state index is 12.3. The van der Waals surface area contributed by atoms with Crippen molar-refractivity contribution in [3.05, 3.63) is 0 Å². The van der Waals surface area contributed by atoms with Gasteiger partial charge < -0.3 is 0 Å². The van der Waals surface area contributed by atoms with Gasteiger partial charge in [-0.15, -0.1) is 0 Å². The number of carbonyl (C=O) groups is 1. The molecule has 0 aromatic carbocycles. The van der Waals surface area contributed by atoms with Gasteiger partial charge in [-0.2, -0.15) is 0 Å². The lowest BCUT2D eigenvalue weighted by Crippen LogP contribution is -2.43. The fraction of sp³-hybridized carbons (Fsp3) is 0.941. The fourth-order valence-electron chi connectivity index (χ4n) is 3.92. The minimum atomic E-state index is 0.387. The minimum Gasteiger partial charge on any atom is -0.298 e. The smallest absolute Gasteiger partial charge is 0.149 e. The van der Waals surface area contributed by atoms with Gasteiger partial charge in [-0.3, -0.25) is 9.69 Å². The zero-order valence-corrected chi connectivity index (χ0v) is 12.9. The van der Waals surface area contributed by atoms with Gasteiger partial charge in [-0.05, 0) is 44.2 Å². The Labute approximate surface area is 118 Å². The molecule has 0 aromatic rings. The van der Waals surface area contributed by atoms with Crippen LogP contribution in [-0.4, -0.2) is 30.3 Å². The largest absolute Gasteiger partial charge is 0.298 e. The summed E-state index contributed by atoms with van der Waals surface area (Å²) in [7, 11) is 0. The Morgan fingerprint density at radius 1 is 1.05 bits per heavy atom. The van der Waals surface area contributed by atoms with Crippen LogP contribution in [0.5, 0.6) is 0 Å². The van der Waals surface area contributed by atoms with Gasteiger partial charge >= 0.3 is 0 Å². The Bertz CT molecular complexity index is 280. The van der Waals surface area contributed by atoms with Crippen LogP contribution in [0.2, 0.25) is 0 Å². The van der Waals surface area contributed by atoms with Gasteiger partial charge in [-0.1, -0.05) is 46.0 Å². The number of hydrogen-bond acceptors (Lipinski definition) is 2. The summed E-state index contributed by atoms with van der Waals surface area (Å²) in [5.74, 6) is 0.915. The zero-order valence-electron chi connectivity index (χ0n) is 12.9. The van der Waals surface area contributed by atoms with Crippen LogP contribution in [-0.2, 0) is 4.79 Å². The summed E-state index contributed by atoms with van der Waals surface area (Å²) in [5, 5.41) is 0. The highest BCUT2D eigenvalue weighted by Crippen LogP contribution is 2.38. The Hall–Kier alpha value is -0.370. The molecule has 1 aliphatic carbocycles. The van der Waals surface area contributed by atoms with E-state index in [1.165, 1.54) is 44.9 Å². The zero-order chi connectivity index (χ0) is 13.7. The molecule has 1 saturated heterocycles. The Balaban J connectivity index is 1.77. The molecule has 19 heavy (non-hydrogen) atoms. The first-order chi connectivity index (χ1) is 9.19. The van der Waals surface area contributed by atoms with E-state index in [-0.39, 0.29) is 0 Å². The predicted octanol–water partition coefficient (Wildman–Crippen LogP) is 4.04. The van der Waals surface area contributed by atoms with Crippen LogP contribution < -0.4 is 0 Å². The van der Waals surface area contributed by atoms with Crippen molar-refractivity contribution in [2.24, 2.45) is 11.3 Å². The van der Waals surface area contributed by atoms with Crippen LogP contribution in [0.4, 0.5) is 0 Å². The normalized spacial score (nSPS) is 25.4. The summed E-state index contributed by atoms with van der Waals surface area (Å²) in [6, 6.07) is 0. The fourth-order valence-corrected chi connectivity index (χ4v) is 3.92. The van der Waals surface area contributed by atoms with Gasteiger partial charge in [0.05, 0.1) is 6.54 Å². The second-order valence-corrected chi connectivity index (χ2v) is 6.78. The molecule has 2 rings (SSSR count). The van der Waals surface area contributed by atoms with Crippen molar-refractivity contribution in [2.45, 2.75) is 71.6 Å². The molecule has 0 radical (unpaired) electrons. The summed E-state index contributed by atoms with van der Waals surface area (Å²) in [6.07, 6.45) is 11.4. The molecule has 0 amide bonds. The van der Waals surface area contributed by atoms with Crippen LogP contribution >= 0.6 is 0 Å². The van der Waals surface area contributed by atoms with Gasteiger partial charge in [0.15, 0.2) is 0 Å². The van der Waals surface area contributed by atoms with Crippen LogP contribution in [0.3, 0.4) is 0 Å². The quantitative estimate of drug-likeness (QED) is 0.748. The SMILES string of the molecule is CCC1(CC)CCN(CC(=O)C2CCCCC2)CC1. The third-order valence-electron chi connectivity index (χ3n) is 5.86. The summed E-state index contributed by atoms with van der Waals surface area (Å²) in [6.45, 7) is 7.66. The van der Waals surface area contributed by atoms with E-state index in [1.807, 2.05) is 0 Å². The molecule has 0 atom stereocenters. The molecule has 2 heteroatoms. The van der Waals surface area contributed by atoms with Crippen LogP contribution in [0.1, 0.15) is 71.6 Å². The second-order valence-electron chi connectivity index (χ2n) is 6.78. The van der Waals surface area contributed by atoms with E-state index < -0.39 is 0 Å². The first-order valence-electron chi connectivity index (χ1n) is 8.44. The molecular weight excluding hydrogens is 234 g/mol. The van der Waals surface area contributed by atoms with E-state index in [9.17, 15) is 4.79 Å². The number of piperidine rings is 1. The molecule has 0 N–H and O–H groups in total. The number of ketones is 1. The second kappa shape index (κ2) is 6.88. The van der Waals surface area contributed by atoms with Crippen molar-refractivity contribution < 1.29 is 4.79 Å². The molecule has 2 aliphatic rings. The highest BCUT2D eigenvalue weighted by atomic mass is 16.1. The monoisotopic (exact) mass is 265 g/mol. The van der Waals surface area contributed by atoms with Gasteiger partial charge in [-0.25, -0.2) is 0 Å². The molecule has 2 fully saturated rings. The van der Waals surface area contributed by atoms with Crippen LogP contribution in [0.15, 0.2) is 0 Å². The number of carbonyl (C=O) groups excluding carboxylic acids is 1. The molecule has 0 spiro atoms. The van der Waals surface area contributed by atoms with Crippen molar-refractivity contribution in [3.63, 3.8) is 0 Å². The first kappa shape index (κ1) is 15.0. The maximum Gasteiger partial charge on any atom is 0.149 e. The van der Waals surface area contributed by atoms with Crippen molar-refractivity contribution in [3.8, 4) is 0 Å². The standard InChI is InChI=1S/C17H31NO/c1-3-17(4-2)10-12-18(13-11-17)14-16(19)15-8-6-5-7-9-15/h15H,3-14H2,1-2H3. The lowest BCUT2D eigenvalue weighted by atomic mass is 9.74. The van der Waals surface area contributed by atoms with E-state index in [0.717, 1.165) is 32.5 Å². The molecule has 1 heterocycles. The van der Waals surface area contributed by atoms with Crippen LogP contribution in [0, 0.1) is 11.3 Å². The minimum absolute atomic E-state index is 0.387. The summed E-state index contributed by atoms with van der Waals surface area (Å²) in [5.41, 5.74) is 0.574. The average molecular weight is 265 g/mol. The van der Waals surface area contributed by atoms with E-state index in [0.29, 0.717) is 17.1 Å². The van der Waals surface area contributed by atoms with Gasteiger partial charge in [0, 0.05) is 5.92 Å². The lowest BCUT2D eigenvalue weighted by Gasteiger charge is -2.41. The third kappa shape index (κ3) is 3.81. The van der Waals surface area contributed by atoms with Gasteiger partial charge in [0.1, 0.15) is 5.78 Å². The molecule has 0 aromatic heterocycles. The first-order valence-corrected chi connectivity index (χ1v) is 8.44. The van der Waals surface area contributed by atoms with E-state index in [4.69, 9.17) is 0 Å². The molecule has 2 nitrogen and oxygen atoms in total. The van der Waals surface area contributed by atoms with Crippen LogP contribution in [0.25, 0.3) is 0 Å². The summed E-state index contributed by atoms with van der Waals surface area (Å²) < 4.78 is 0. The van der Waals surface area contributed by atoms with Crippen molar-refractivity contribution in [2.75, 3.05) is 19.6 Å². The molecule has 0 bridgehead atoms. The Morgan fingerprint density at radius 2 is 1.63 bits per heavy atom. The lowest BCUT2D eigenvalue weighted by molar-refractivity contribution is -0.125. The number of rotatable bonds is 5. The summed E-state index contributed by atoms with van der Waals surface area (Å²) >= 11 is 0. The van der Waals surface area contributed by atoms with Crippen molar-refractivity contribution >= 4 is 5.78 Å².